The van der Waals surface area contributed by atoms with Crippen molar-refractivity contribution in [1.29, 1.82) is 0 Å². The molecule has 0 saturated carbocycles. The van der Waals surface area contributed by atoms with Gasteiger partial charge in [0.2, 0.25) is 0 Å². The molecule has 0 spiro atoms. The number of amides is 1. The summed E-state index contributed by atoms with van der Waals surface area (Å²) < 4.78 is 4.77. The van der Waals surface area contributed by atoms with E-state index in [0.717, 1.165) is 0 Å². The molecule has 0 unspecified atom stereocenters. The first-order chi connectivity index (χ1) is 8.54. The molecular formula is C11H14ClN3O3. The van der Waals surface area contributed by atoms with Crippen LogP contribution in [0.15, 0.2) is 12.4 Å². The van der Waals surface area contributed by atoms with Gasteiger partial charge in [-0.1, -0.05) is 11.6 Å². The van der Waals surface area contributed by atoms with Crippen molar-refractivity contribution in [2.45, 2.75) is 13.3 Å². The van der Waals surface area contributed by atoms with Gasteiger partial charge in [-0.3, -0.25) is 9.59 Å². The van der Waals surface area contributed by atoms with Gasteiger partial charge in [0.05, 0.1) is 25.4 Å². The minimum Gasteiger partial charge on any atom is -0.466 e. The lowest BCUT2D eigenvalue weighted by molar-refractivity contribution is -0.143. The van der Waals surface area contributed by atoms with Crippen LogP contribution in [0.1, 0.15) is 23.8 Å². The first-order valence-corrected chi connectivity index (χ1v) is 5.81. The summed E-state index contributed by atoms with van der Waals surface area (Å²) in [6.07, 6.45) is 2.75. The third-order valence-corrected chi connectivity index (χ3v) is 2.34. The molecule has 0 aliphatic rings. The normalized spacial score (nSPS) is 9.94. The van der Waals surface area contributed by atoms with Crippen molar-refractivity contribution >= 4 is 23.5 Å². The molecule has 18 heavy (non-hydrogen) atoms. The number of rotatable bonds is 5. The van der Waals surface area contributed by atoms with Crippen molar-refractivity contribution < 1.29 is 14.3 Å². The van der Waals surface area contributed by atoms with Crippen molar-refractivity contribution in [3.8, 4) is 0 Å². The Bertz CT molecular complexity index is 422. The number of esters is 1. The van der Waals surface area contributed by atoms with Crippen LogP contribution < -0.4 is 0 Å². The maximum Gasteiger partial charge on any atom is 0.307 e. The second-order valence-corrected chi connectivity index (χ2v) is 3.89. The van der Waals surface area contributed by atoms with E-state index in [0.29, 0.717) is 6.61 Å². The Hall–Kier alpha value is -1.69. The highest BCUT2D eigenvalue weighted by molar-refractivity contribution is 6.29. The topological polar surface area (TPSA) is 72.4 Å². The number of ether oxygens (including phenoxy) is 1. The van der Waals surface area contributed by atoms with Gasteiger partial charge in [-0.25, -0.2) is 9.97 Å². The summed E-state index contributed by atoms with van der Waals surface area (Å²) in [6, 6.07) is 0. The van der Waals surface area contributed by atoms with Crippen LogP contribution in [-0.4, -0.2) is 46.9 Å². The van der Waals surface area contributed by atoms with Crippen LogP contribution in [0.5, 0.6) is 0 Å². The molecule has 7 heteroatoms. The Morgan fingerprint density at radius 1 is 1.39 bits per heavy atom. The van der Waals surface area contributed by atoms with E-state index in [-0.39, 0.29) is 35.7 Å². The lowest BCUT2D eigenvalue weighted by Gasteiger charge is -2.15. The highest BCUT2D eigenvalue weighted by Crippen LogP contribution is 2.04. The van der Waals surface area contributed by atoms with Gasteiger partial charge in [0.1, 0.15) is 10.8 Å². The molecule has 0 aromatic carbocycles. The fourth-order valence-corrected chi connectivity index (χ4v) is 1.31. The molecule has 1 aromatic heterocycles. The number of nitrogens with zero attached hydrogens (tertiary/aromatic N) is 3. The van der Waals surface area contributed by atoms with Crippen LogP contribution in [-0.2, 0) is 9.53 Å². The van der Waals surface area contributed by atoms with E-state index >= 15 is 0 Å². The molecule has 0 bridgehead atoms. The van der Waals surface area contributed by atoms with Gasteiger partial charge in [-0.05, 0) is 6.92 Å². The van der Waals surface area contributed by atoms with Crippen molar-refractivity contribution in [2.75, 3.05) is 20.2 Å². The lowest BCUT2D eigenvalue weighted by atomic mass is 10.3. The smallest absolute Gasteiger partial charge is 0.307 e. The monoisotopic (exact) mass is 271 g/mol. The summed E-state index contributed by atoms with van der Waals surface area (Å²) in [5, 5.41) is 0.223. The van der Waals surface area contributed by atoms with Crippen molar-refractivity contribution in [2.24, 2.45) is 0 Å². The Morgan fingerprint density at radius 3 is 2.67 bits per heavy atom. The van der Waals surface area contributed by atoms with Crippen LogP contribution in [0.4, 0.5) is 0 Å². The van der Waals surface area contributed by atoms with E-state index in [9.17, 15) is 9.59 Å². The third kappa shape index (κ3) is 4.29. The summed E-state index contributed by atoms with van der Waals surface area (Å²) >= 11 is 5.57. The summed E-state index contributed by atoms with van der Waals surface area (Å²) in [5.74, 6) is -0.650. The number of halogens is 1. The average Bonchev–Trinajstić information content (AvgIpc) is 2.36. The van der Waals surface area contributed by atoms with Crippen LogP contribution in [0, 0.1) is 0 Å². The fourth-order valence-electron chi connectivity index (χ4n) is 1.21. The summed E-state index contributed by atoms with van der Waals surface area (Å²) in [7, 11) is 1.58. The molecule has 6 nitrogen and oxygen atoms in total. The molecular weight excluding hydrogens is 258 g/mol. The lowest BCUT2D eigenvalue weighted by Crippen LogP contribution is -2.30. The second kappa shape index (κ2) is 6.90. The Morgan fingerprint density at radius 2 is 2.11 bits per heavy atom. The number of hydrogen-bond acceptors (Lipinski definition) is 5. The van der Waals surface area contributed by atoms with Gasteiger partial charge in [-0.2, -0.15) is 0 Å². The predicted molar refractivity (Wildman–Crippen MR) is 65.3 cm³/mol. The van der Waals surface area contributed by atoms with Gasteiger partial charge in [0.25, 0.3) is 5.91 Å². The highest BCUT2D eigenvalue weighted by atomic mass is 35.5. The molecule has 1 aromatic rings. The fraction of sp³-hybridized carbons (Fsp3) is 0.455. The standard InChI is InChI=1S/C11H14ClN3O3/c1-3-18-10(16)4-5-15(2)11(17)8-6-14-9(12)7-13-8/h6-7H,3-5H2,1-2H3. The minimum absolute atomic E-state index is 0.150. The zero-order chi connectivity index (χ0) is 13.5. The second-order valence-electron chi connectivity index (χ2n) is 3.51. The first-order valence-electron chi connectivity index (χ1n) is 5.43. The SMILES string of the molecule is CCOC(=O)CCN(C)C(=O)c1cnc(Cl)cn1. The van der Waals surface area contributed by atoms with Crippen LogP contribution in [0.2, 0.25) is 5.15 Å². The Kier molecular flexibility index (Phi) is 5.51. The summed E-state index contributed by atoms with van der Waals surface area (Å²) in [4.78, 5) is 32.0. The van der Waals surface area contributed by atoms with Gasteiger partial charge >= 0.3 is 5.97 Å². The molecule has 0 radical (unpaired) electrons. The number of aromatic nitrogens is 2. The van der Waals surface area contributed by atoms with Crippen LogP contribution >= 0.6 is 11.6 Å². The summed E-state index contributed by atoms with van der Waals surface area (Å²) in [5.41, 5.74) is 0.186. The number of carbonyl (C=O) groups is 2. The van der Waals surface area contributed by atoms with E-state index in [1.807, 2.05) is 0 Å². The van der Waals surface area contributed by atoms with Crippen LogP contribution in [0.25, 0.3) is 0 Å². The van der Waals surface area contributed by atoms with Crippen LogP contribution in [0.3, 0.4) is 0 Å². The largest absolute Gasteiger partial charge is 0.466 e. The molecule has 1 rings (SSSR count). The Balaban J connectivity index is 2.51. The zero-order valence-corrected chi connectivity index (χ0v) is 11.0. The predicted octanol–water partition coefficient (Wildman–Crippen LogP) is 1.16. The molecule has 1 amide bonds. The molecule has 0 atom stereocenters. The maximum atomic E-state index is 11.9. The van der Waals surface area contributed by atoms with E-state index < -0.39 is 0 Å². The first kappa shape index (κ1) is 14.4. The number of hydrogen-bond donors (Lipinski definition) is 0. The molecule has 0 aliphatic heterocycles. The van der Waals surface area contributed by atoms with Crippen molar-refractivity contribution in [1.82, 2.24) is 14.9 Å². The van der Waals surface area contributed by atoms with Gasteiger partial charge in [0, 0.05) is 13.6 Å². The molecule has 0 saturated heterocycles. The molecule has 0 aliphatic carbocycles. The zero-order valence-electron chi connectivity index (χ0n) is 10.2. The van der Waals surface area contributed by atoms with E-state index in [4.69, 9.17) is 16.3 Å². The summed E-state index contributed by atoms with van der Waals surface area (Å²) in [6.45, 7) is 2.33. The molecule has 98 valence electrons. The van der Waals surface area contributed by atoms with E-state index in [1.54, 1.807) is 14.0 Å². The maximum absolute atomic E-state index is 11.9. The van der Waals surface area contributed by atoms with E-state index in [2.05, 4.69) is 9.97 Å². The van der Waals surface area contributed by atoms with Gasteiger partial charge < -0.3 is 9.64 Å². The van der Waals surface area contributed by atoms with Gasteiger partial charge in [-0.15, -0.1) is 0 Å². The Labute approximate surface area is 110 Å². The van der Waals surface area contributed by atoms with Crippen molar-refractivity contribution in [3.63, 3.8) is 0 Å². The molecule has 0 N–H and O–H groups in total. The van der Waals surface area contributed by atoms with Crippen molar-refractivity contribution in [3.05, 3.63) is 23.2 Å². The van der Waals surface area contributed by atoms with Gasteiger partial charge in [0.15, 0.2) is 0 Å². The van der Waals surface area contributed by atoms with E-state index in [1.165, 1.54) is 17.3 Å². The quantitative estimate of drug-likeness (QED) is 0.752. The average molecular weight is 272 g/mol. The number of carbonyl (C=O) groups excluding carboxylic acids is 2. The molecule has 0 fully saturated rings. The third-order valence-electron chi connectivity index (χ3n) is 2.14. The highest BCUT2D eigenvalue weighted by Gasteiger charge is 2.14. The molecule has 1 heterocycles. The minimum atomic E-state index is -0.334.